The third kappa shape index (κ3) is 7.88. The number of aryl methyl sites for hydroxylation is 1. The Kier molecular flexibility index (Phi) is 9.29. The van der Waals surface area contributed by atoms with Gasteiger partial charge in [0.2, 0.25) is 11.8 Å². The first kappa shape index (κ1) is 27.8. The zero-order chi connectivity index (χ0) is 27.8. The summed E-state index contributed by atoms with van der Waals surface area (Å²) in [5.41, 5.74) is -0.590. The molecule has 0 spiro atoms. The van der Waals surface area contributed by atoms with Crippen molar-refractivity contribution in [2.75, 3.05) is 11.9 Å². The fourth-order valence-corrected chi connectivity index (χ4v) is 4.77. The molecule has 1 aliphatic carbocycles. The highest BCUT2D eigenvalue weighted by atomic mass is 16.5. The van der Waals surface area contributed by atoms with Crippen LogP contribution in [-0.2, 0) is 25.7 Å². The van der Waals surface area contributed by atoms with Crippen LogP contribution < -0.4 is 21.5 Å². The third-order valence-electron chi connectivity index (χ3n) is 6.79. The molecule has 12 nitrogen and oxygen atoms in total. The Morgan fingerprint density at radius 2 is 2.03 bits per heavy atom. The highest BCUT2D eigenvalue weighted by Gasteiger charge is 2.27. The summed E-state index contributed by atoms with van der Waals surface area (Å²) in [7, 11) is 0. The van der Waals surface area contributed by atoms with Crippen LogP contribution in [0.4, 0.5) is 5.69 Å². The summed E-state index contributed by atoms with van der Waals surface area (Å²) in [5.74, 6) is -1.57. The predicted molar refractivity (Wildman–Crippen MR) is 140 cm³/mol. The number of esters is 1. The van der Waals surface area contributed by atoms with Crippen LogP contribution in [0.2, 0.25) is 0 Å². The van der Waals surface area contributed by atoms with E-state index < -0.39 is 29.4 Å². The molecule has 1 saturated heterocycles. The Morgan fingerprint density at radius 3 is 2.72 bits per heavy atom. The Labute approximate surface area is 225 Å². The second-order valence-electron chi connectivity index (χ2n) is 9.87. The minimum atomic E-state index is -0.626. The van der Waals surface area contributed by atoms with E-state index in [-0.39, 0.29) is 35.9 Å². The number of pyridine rings is 1. The number of ether oxygens (including phenoxy) is 1. The van der Waals surface area contributed by atoms with Crippen LogP contribution in [0, 0.1) is 12.8 Å². The molecule has 39 heavy (non-hydrogen) atoms. The van der Waals surface area contributed by atoms with Gasteiger partial charge in [0.25, 0.3) is 11.5 Å². The van der Waals surface area contributed by atoms with Gasteiger partial charge in [-0.15, -0.1) is 0 Å². The maximum Gasteiger partial charge on any atom is 0.330 e. The number of amides is 3. The van der Waals surface area contributed by atoms with Crippen molar-refractivity contribution in [1.29, 1.82) is 0 Å². The smallest absolute Gasteiger partial charge is 0.330 e. The van der Waals surface area contributed by atoms with E-state index in [0.29, 0.717) is 25.1 Å². The summed E-state index contributed by atoms with van der Waals surface area (Å²) in [6.07, 6.45) is 9.96. The number of anilines is 1. The van der Waals surface area contributed by atoms with Gasteiger partial charge in [0.15, 0.2) is 5.69 Å². The molecule has 12 heteroatoms. The van der Waals surface area contributed by atoms with Crippen LogP contribution in [0.5, 0.6) is 0 Å². The van der Waals surface area contributed by atoms with Gasteiger partial charge in [-0.25, -0.2) is 4.79 Å². The van der Waals surface area contributed by atoms with Crippen molar-refractivity contribution in [3.63, 3.8) is 0 Å². The Balaban J connectivity index is 1.40. The fraction of sp³-hybridized carbons (Fsp3) is 0.481. The van der Waals surface area contributed by atoms with Gasteiger partial charge in [0.05, 0.1) is 0 Å². The molecule has 2 aromatic rings. The summed E-state index contributed by atoms with van der Waals surface area (Å²) in [4.78, 5) is 62.7. The molecule has 2 aliphatic rings. The average molecular weight is 540 g/mol. The Morgan fingerprint density at radius 1 is 1.23 bits per heavy atom. The lowest BCUT2D eigenvalue weighted by molar-refractivity contribution is -0.144. The van der Waals surface area contributed by atoms with Crippen LogP contribution >= 0.6 is 0 Å². The topological polar surface area (TPSA) is 162 Å². The van der Waals surface area contributed by atoms with Crippen LogP contribution in [0.1, 0.15) is 61.2 Å². The number of hydrogen-bond donors (Lipinski definition) is 3. The molecule has 1 saturated carbocycles. The van der Waals surface area contributed by atoms with Crippen molar-refractivity contribution in [2.24, 2.45) is 5.92 Å². The monoisotopic (exact) mass is 539 g/mol. The van der Waals surface area contributed by atoms with Crippen molar-refractivity contribution < 1.29 is 28.4 Å². The van der Waals surface area contributed by atoms with Gasteiger partial charge in [-0.1, -0.05) is 17.7 Å². The van der Waals surface area contributed by atoms with Crippen molar-refractivity contribution in [3.05, 3.63) is 58.4 Å². The molecule has 208 valence electrons. The van der Waals surface area contributed by atoms with Gasteiger partial charge in [-0.3, -0.25) is 19.2 Å². The first-order valence-corrected chi connectivity index (χ1v) is 13.2. The molecular weight excluding hydrogens is 506 g/mol. The molecular formula is C27H33N5O7. The molecule has 4 rings (SSSR count). The third-order valence-corrected chi connectivity index (χ3v) is 6.79. The highest BCUT2D eigenvalue weighted by molar-refractivity contribution is 6.02. The number of carbonyl (C=O) groups is 4. The van der Waals surface area contributed by atoms with Gasteiger partial charge in [0.1, 0.15) is 24.1 Å². The number of aromatic nitrogens is 2. The Bertz CT molecular complexity index is 1290. The molecule has 0 bridgehead atoms. The zero-order valence-corrected chi connectivity index (χ0v) is 21.8. The second kappa shape index (κ2) is 13.0. The lowest BCUT2D eigenvalue weighted by atomic mass is 9.97. The summed E-state index contributed by atoms with van der Waals surface area (Å²) in [5, 5.41) is 11.7. The molecule has 0 radical (unpaired) electrons. The fourth-order valence-electron chi connectivity index (χ4n) is 4.77. The second-order valence-corrected chi connectivity index (χ2v) is 9.87. The molecule has 2 aromatic heterocycles. The molecule has 0 unspecified atom stereocenters. The minimum absolute atomic E-state index is 0.0210. The van der Waals surface area contributed by atoms with Crippen molar-refractivity contribution in [1.82, 2.24) is 20.4 Å². The zero-order valence-electron chi connectivity index (χ0n) is 21.8. The summed E-state index contributed by atoms with van der Waals surface area (Å²) < 4.78 is 11.6. The van der Waals surface area contributed by atoms with Gasteiger partial charge in [-0.05, 0) is 57.6 Å². The lowest BCUT2D eigenvalue weighted by Gasteiger charge is -2.21. The molecule has 3 N–H and O–H groups in total. The highest BCUT2D eigenvalue weighted by Crippen LogP contribution is 2.21. The van der Waals surface area contributed by atoms with E-state index in [2.05, 4.69) is 21.1 Å². The summed E-state index contributed by atoms with van der Waals surface area (Å²) in [6, 6.07) is 3.76. The first-order chi connectivity index (χ1) is 18.8. The number of carbonyl (C=O) groups excluding carboxylic acids is 4. The van der Waals surface area contributed by atoms with Crippen molar-refractivity contribution >= 4 is 29.4 Å². The van der Waals surface area contributed by atoms with E-state index >= 15 is 0 Å². The number of nitrogens with zero attached hydrogens (tertiary/aromatic N) is 2. The van der Waals surface area contributed by atoms with Gasteiger partial charge < -0.3 is 29.8 Å². The standard InChI is InChI=1S/C27H33N5O7/c1-17-14-22(31-39-17)26(36)30-21-8-5-13-32(27(21)37)16-23(33)29-19(15-18-11-12-28-25(18)35)9-10-24(34)38-20-6-3-2-4-7-20/h5,8-10,13-14,18-20H,2-4,6-7,11-12,15-16H2,1H3,(H,28,35)(H,29,33)(H,30,36)/b10-9+/t18-,19+/m0/s1. The minimum Gasteiger partial charge on any atom is -0.459 e. The quantitative estimate of drug-likeness (QED) is 0.304. The van der Waals surface area contributed by atoms with Crippen molar-refractivity contribution in [2.45, 2.75) is 70.6 Å². The normalized spacial score (nSPS) is 18.5. The van der Waals surface area contributed by atoms with E-state index in [1.165, 1.54) is 36.5 Å². The van der Waals surface area contributed by atoms with Gasteiger partial charge in [-0.2, -0.15) is 0 Å². The van der Waals surface area contributed by atoms with Crippen LogP contribution in [0.3, 0.4) is 0 Å². The van der Waals surface area contributed by atoms with Gasteiger partial charge in [0, 0.05) is 36.8 Å². The van der Waals surface area contributed by atoms with E-state index in [4.69, 9.17) is 9.26 Å². The van der Waals surface area contributed by atoms with Crippen molar-refractivity contribution in [3.8, 4) is 0 Å². The van der Waals surface area contributed by atoms with E-state index in [1.54, 1.807) is 6.92 Å². The van der Waals surface area contributed by atoms with Crippen LogP contribution in [-0.4, -0.2) is 52.1 Å². The Hall–Kier alpha value is -4.22. The van der Waals surface area contributed by atoms with Gasteiger partial charge >= 0.3 is 5.97 Å². The first-order valence-electron chi connectivity index (χ1n) is 13.2. The predicted octanol–water partition coefficient (Wildman–Crippen LogP) is 1.84. The molecule has 3 amide bonds. The lowest BCUT2D eigenvalue weighted by Crippen LogP contribution is -2.40. The average Bonchev–Trinajstić information content (AvgIpc) is 3.53. The number of rotatable bonds is 10. The molecule has 2 fully saturated rings. The summed E-state index contributed by atoms with van der Waals surface area (Å²) >= 11 is 0. The largest absolute Gasteiger partial charge is 0.459 e. The van der Waals surface area contributed by atoms with Crippen LogP contribution in [0.15, 0.2) is 45.9 Å². The molecule has 0 aromatic carbocycles. The maximum absolute atomic E-state index is 12.9. The van der Waals surface area contributed by atoms with E-state index in [1.807, 2.05) is 0 Å². The number of nitrogens with one attached hydrogen (secondary N) is 3. The number of hydrogen-bond acceptors (Lipinski definition) is 8. The SMILES string of the molecule is Cc1cc(C(=O)Nc2cccn(CC(=O)N[C@H](/C=C/C(=O)OC3CCCCC3)C[C@@H]3CCNC3=O)c2=O)no1. The molecule has 1 aliphatic heterocycles. The van der Waals surface area contributed by atoms with E-state index in [0.717, 1.165) is 36.7 Å². The molecule has 3 heterocycles. The molecule has 2 atom stereocenters. The van der Waals surface area contributed by atoms with E-state index in [9.17, 15) is 24.0 Å². The maximum atomic E-state index is 12.9. The van der Waals surface area contributed by atoms with Crippen LogP contribution in [0.25, 0.3) is 0 Å². The summed E-state index contributed by atoms with van der Waals surface area (Å²) in [6.45, 7) is 1.86.